The third-order valence-electron chi connectivity index (χ3n) is 5.56. The quantitative estimate of drug-likeness (QED) is 0.448. The van der Waals surface area contributed by atoms with Gasteiger partial charge in [0, 0.05) is 5.56 Å². The molecular formula is C21H28N4O4+2. The molecule has 1 heterocycles. The first-order valence-electron chi connectivity index (χ1n) is 9.83. The molecule has 3 rings (SSSR count). The highest BCUT2D eigenvalue weighted by atomic mass is 16.6. The van der Waals surface area contributed by atoms with Crippen molar-refractivity contribution in [2.45, 2.75) is 19.5 Å². The number of nitrogens with one attached hydrogen (secondary N) is 3. The van der Waals surface area contributed by atoms with E-state index in [1.54, 1.807) is 6.07 Å². The summed E-state index contributed by atoms with van der Waals surface area (Å²) in [5.41, 5.74) is 1.35. The van der Waals surface area contributed by atoms with E-state index in [1.165, 1.54) is 34.6 Å². The van der Waals surface area contributed by atoms with E-state index in [4.69, 9.17) is 4.74 Å². The zero-order valence-electron chi connectivity index (χ0n) is 16.8. The van der Waals surface area contributed by atoms with Gasteiger partial charge in [-0.3, -0.25) is 14.9 Å². The molecule has 1 aliphatic heterocycles. The third kappa shape index (κ3) is 5.30. The first kappa shape index (κ1) is 20.8. The smallest absolute Gasteiger partial charge is 0.296 e. The van der Waals surface area contributed by atoms with E-state index in [9.17, 15) is 14.9 Å². The maximum Gasteiger partial charge on any atom is 0.296 e. The summed E-state index contributed by atoms with van der Waals surface area (Å²) in [6.07, 6.45) is 0. The number of ether oxygens (including phenoxy) is 1. The number of hydrogen-bond acceptors (Lipinski definition) is 4. The molecule has 1 amide bonds. The fourth-order valence-electron chi connectivity index (χ4n) is 3.74. The molecule has 29 heavy (non-hydrogen) atoms. The van der Waals surface area contributed by atoms with E-state index in [-0.39, 0.29) is 23.3 Å². The number of anilines is 1. The number of piperazine rings is 1. The van der Waals surface area contributed by atoms with Gasteiger partial charge in [0.25, 0.3) is 11.6 Å². The minimum Gasteiger partial charge on any atom is -0.496 e. The van der Waals surface area contributed by atoms with Crippen LogP contribution in [-0.2, 0) is 11.3 Å². The molecular weight excluding hydrogens is 372 g/mol. The lowest BCUT2D eigenvalue weighted by Crippen LogP contribution is -3.29. The van der Waals surface area contributed by atoms with E-state index in [1.807, 2.05) is 13.0 Å². The topological polar surface area (TPSA) is 90.3 Å². The highest BCUT2D eigenvalue weighted by Crippen LogP contribution is 2.28. The van der Waals surface area contributed by atoms with Gasteiger partial charge in [-0.1, -0.05) is 30.3 Å². The van der Waals surface area contributed by atoms with Crippen LogP contribution in [0.15, 0.2) is 48.5 Å². The predicted octanol–water partition coefficient (Wildman–Crippen LogP) is -0.0860. The van der Waals surface area contributed by atoms with Gasteiger partial charge in [-0.2, -0.15) is 0 Å². The summed E-state index contributed by atoms with van der Waals surface area (Å²) in [6.45, 7) is 6.63. The van der Waals surface area contributed by atoms with Gasteiger partial charge in [0.15, 0.2) is 6.04 Å². The highest BCUT2D eigenvalue weighted by molar-refractivity contribution is 5.95. The van der Waals surface area contributed by atoms with Crippen molar-refractivity contribution in [2.24, 2.45) is 0 Å². The summed E-state index contributed by atoms with van der Waals surface area (Å²) in [5, 5.41) is 14.0. The van der Waals surface area contributed by atoms with Crippen molar-refractivity contribution in [3.05, 3.63) is 64.2 Å². The molecule has 1 saturated heterocycles. The lowest BCUT2D eigenvalue weighted by molar-refractivity contribution is -1.02. The Kier molecular flexibility index (Phi) is 6.79. The molecule has 0 spiro atoms. The van der Waals surface area contributed by atoms with Gasteiger partial charge in [-0.05, 0) is 19.1 Å². The molecule has 0 unspecified atom stereocenters. The molecule has 154 valence electrons. The molecule has 2 aromatic rings. The molecule has 2 aromatic carbocycles. The third-order valence-corrected chi connectivity index (χ3v) is 5.56. The number of hydrogen-bond donors (Lipinski definition) is 3. The van der Waals surface area contributed by atoms with Gasteiger partial charge in [-0.15, -0.1) is 0 Å². The van der Waals surface area contributed by atoms with Gasteiger partial charge in [0.1, 0.15) is 44.2 Å². The largest absolute Gasteiger partial charge is 0.496 e. The van der Waals surface area contributed by atoms with Crippen LogP contribution in [0.5, 0.6) is 5.75 Å². The summed E-state index contributed by atoms with van der Waals surface area (Å²) in [5.74, 6) is 0.172. The van der Waals surface area contributed by atoms with E-state index in [0.717, 1.165) is 32.7 Å². The van der Waals surface area contributed by atoms with Crippen LogP contribution in [0.3, 0.4) is 0 Å². The number of amides is 1. The molecule has 8 heteroatoms. The molecule has 0 aromatic heterocycles. The molecule has 1 aliphatic rings. The first-order valence-corrected chi connectivity index (χ1v) is 9.83. The maximum absolute atomic E-state index is 12.7. The van der Waals surface area contributed by atoms with Crippen LogP contribution in [0.25, 0.3) is 0 Å². The zero-order valence-corrected chi connectivity index (χ0v) is 16.8. The predicted molar refractivity (Wildman–Crippen MR) is 109 cm³/mol. The average molecular weight is 400 g/mol. The van der Waals surface area contributed by atoms with Crippen molar-refractivity contribution in [1.29, 1.82) is 0 Å². The SMILES string of the molecule is COc1ccc(NC(=O)[C@@H](C)[NH+]2CC[NH+](Cc3ccccc3)CC2)c([N+](=O)[O-])c1. The van der Waals surface area contributed by atoms with E-state index in [0.29, 0.717) is 5.75 Å². The van der Waals surface area contributed by atoms with E-state index < -0.39 is 4.92 Å². The van der Waals surface area contributed by atoms with Crippen LogP contribution in [0.4, 0.5) is 11.4 Å². The molecule has 0 saturated carbocycles. The molecule has 3 N–H and O–H groups in total. The fourth-order valence-corrected chi connectivity index (χ4v) is 3.74. The van der Waals surface area contributed by atoms with Gasteiger partial charge in [0.2, 0.25) is 0 Å². The van der Waals surface area contributed by atoms with Crippen molar-refractivity contribution in [3.8, 4) is 5.75 Å². The van der Waals surface area contributed by atoms with Crippen molar-refractivity contribution in [1.82, 2.24) is 0 Å². The number of nitro groups is 1. The standard InChI is InChI=1S/C21H26N4O4/c1-16(21(26)22-19-9-8-18(29-2)14-20(19)25(27)28)24-12-10-23(11-13-24)15-17-6-4-3-5-7-17/h3-9,14,16H,10-13,15H2,1-2H3,(H,22,26)/p+2/t16-/m1/s1. The fraction of sp³-hybridized carbons (Fsp3) is 0.381. The molecule has 0 aliphatic carbocycles. The first-order chi connectivity index (χ1) is 14.0. The summed E-state index contributed by atoms with van der Waals surface area (Å²) in [7, 11) is 1.45. The van der Waals surface area contributed by atoms with Gasteiger partial charge < -0.3 is 19.9 Å². The Bertz CT molecular complexity index is 851. The average Bonchev–Trinajstić information content (AvgIpc) is 2.74. The lowest BCUT2D eigenvalue weighted by atomic mass is 10.1. The Morgan fingerprint density at radius 3 is 2.48 bits per heavy atom. The van der Waals surface area contributed by atoms with Crippen molar-refractivity contribution in [2.75, 3.05) is 38.6 Å². The number of nitro benzene ring substituents is 1. The van der Waals surface area contributed by atoms with Crippen molar-refractivity contribution < 1.29 is 24.3 Å². The van der Waals surface area contributed by atoms with Gasteiger partial charge >= 0.3 is 0 Å². The second-order valence-corrected chi connectivity index (χ2v) is 7.42. The van der Waals surface area contributed by atoms with Crippen molar-refractivity contribution >= 4 is 17.3 Å². The molecule has 0 radical (unpaired) electrons. The van der Waals surface area contributed by atoms with Crippen LogP contribution in [0.1, 0.15) is 12.5 Å². The molecule has 0 bridgehead atoms. The second kappa shape index (κ2) is 9.49. The Hall–Kier alpha value is -2.97. The minimum absolute atomic E-state index is 0.169. The summed E-state index contributed by atoms with van der Waals surface area (Å²) < 4.78 is 5.04. The van der Waals surface area contributed by atoms with Crippen LogP contribution < -0.4 is 19.9 Å². The van der Waals surface area contributed by atoms with Crippen LogP contribution in [0, 0.1) is 10.1 Å². The molecule has 1 fully saturated rings. The summed E-state index contributed by atoms with van der Waals surface area (Å²) in [4.78, 5) is 26.2. The zero-order chi connectivity index (χ0) is 20.8. The number of carbonyl (C=O) groups excluding carboxylic acids is 1. The second-order valence-electron chi connectivity index (χ2n) is 7.42. The Balaban J connectivity index is 1.57. The number of carbonyl (C=O) groups is 1. The minimum atomic E-state index is -0.513. The van der Waals surface area contributed by atoms with Gasteiger partial charge in [0.05, 0.1) is 18.1 Å². The Morgan fingerprint density at radius 1 is 1.17 bits per heavy atom. The van der Waals surface area contributed by atoms with Crippen LogP contribution in [-0.4, -0.2) is 50.2 Å². The lowest BCUT2D eigenvalue weighted by Gasteiger charge is -2.32. The number of nitrogens with zero attached hydrogens (tertiary/aromatic N) is 1. The Morgan fingerprint density at radius 2 is 1.86 bits per heavy atom. The number of benzene rings is 2. The summed E-state index contributed by atoms with van der Waals surface area (Å²) >= 11 is 0. The molecule has 1 atom stereocenters. The van der Waals surface area contributed by atoms with E-state index >= 15 is 0 Å². The van der Waals surface area contributed by atoms with Crippen molar-refractivity contribution in [3.63, 3.8) is 0 Å². The van der Waals surface area contributed by atoms with Gasteiger partial charge in [-0.25, -0.2) is 0 Å². The number of rotatable bonds is 7. The number of quaternary nitrogens is 2. The van der Waals surface area contributed by atoms with E-state index in [2.05, 4.69) is 29.6 Å². The normalized spacial score (nSPS) is 19.9. The van der Waals surface area contributed by atoms with Crippen LogP contribution in [0.2, 0.25) is 0 Å². The van der Waals surface area contributed by atoms with Crippen LogP contribution >= 0.6 is 0 Å². The molecule has 8 nitrogen and oxygen atoms in total. The highest BCUT2D eigenvalue weighted by Gasteiger charge is 2.32. The monoisotopic (exact) mass is 400 g/mol. The summed E-state index contributed by atoms with van der Waals surface area (Å²) in [6, 6.07) is 14.6. The Labute approximate surface area is 170 Å². The maximum atomic E-state index is 12.7. The number of methoxy groups -OCH3 is 1.